The number of amides is 1. The number of anilines is 1. The average Bonchev–Trinajstić information content (AvgIpc) is 3.27. The summed E-state index contributed by atoms with van der Waals surface area (Å²) in [7, 11) is 1.74. The number of piperidine rings is 1. The largest absolute Gasteiger partial charge is 0.417 e. The Morgan fingerprint density at radius 1 is 1.31 bits per heavy atom. The molecule has 0 aliphatic carbocycles. The van der Waals surface area contributed by atoms with Crippen molar-refractivity contribution in [3.63, 3.8) is 0 Å². The summed E-state index contributed by atoms with van der Waals surface area (Å²) in [6.07, 6.45) is 0.708. The number of halogens is 3. The number of fused-ring (bicyclic) bond motifs is 1. The lowest BCUT2D eigenvalue weighted by Crippen LogP contribution is -2.44. The number of nitriles is 1. The summed E-state index contributed by atoms with van der Waals surface area (Å²) in [6, 6.07) is 2.99. The molecule has 3 aromatic heterocycles. The summed E-state index contributed by atoms with van der Waals surface area (Å²) < 4.78 is 39.7. The number of rotatable bonds is 6. The molecule has 1 atom stereocenters. The summed E-state index contributed by atoms with van der Waals surface area (Å²) in [5, 5.41) is 15.9. The normalized spacial score (nSPS) is 15.7. The van der Waals surface area contributed by atoms with Crippen LogP contribution in [0.2, 0.25) is 0 Å². The van der Waals surface area contributed by atoms with Gasteiger partial charge in [-0.1, -0.05) is 0 Å². The third kappa shape index (κ3) is 5.19. The molecule has 0 spiro atoms. The predicted octanol–water partition coefficient (Wildman–Crippen LogP) is 3.17. The van der Waals surface area contributed by atoms with Crippen LogP contribution in [0.4, 0.5) is 19.1 Å². The number of hydrogen-bond donors (Lipinski definition) is 3. The first-order valence-electron chi connectivity index (χ1n) is 11.2. The maximum absolute atomic E-state index is 13.2. The van der Waals surface area contributed by atoms with E-state index in [0.717, 1.165) is 25.1 Å². The molecule has 1 saturated heterocycles. The Morgan fingerprint density at radius 2 is 2.06 bits per heavy atom. The van der Waals surface area contributed by atoms with Crippen LogP contribution in [0.3, 0.4) is 0 Å². The molecule has 0 bridgehead atoms. The SMILES string of the molecule is CNCC(=O)N1CCC(C(C)Nc2ncc(C#N)c(-c3c[nH]c4ncc(C(F)(F)F)cc34)n2)CC1. The van der Waals surface area contributed by atoms with Crippen molar-refractivity contribution in [1.29, 1.82) is 5.26 Å². The van der Waals surface area contributed by atoms with E-state index < -0.39 is 11.7 Å². The number of nitrogens with one attached hydrogen (secondary N) is 3. The van der Waals surface area contributed by atoms with E-state index in [1.807, 2.05) is 17.9 Å². The first-order valence-corrected chi connectivity index (χ1v) is 11.2. The number of H-pyrrole nitrogens is 1. The van der Waals surface area contributed by atoms with Crippen molar-refractivity contribution in [2.75, 3.05) is 32.0 Å². The molecule has 1 fully saturated rings. The maximum Gasteiger partial charge on any atom is 0.417 e. The second-order valence-electron chi connectivity index (χ2n) is 8.57. The van der Waals surface area contributed by atoms with Gasteiger partial charge < -0.3 is 20.5 Å². The number of aromatic amines is 1. The number of aromatic nitrogens is 4. The van der Waals surface area contributed by atoms with Gasteiger partial charge in [-0.2, -0.15) is 18.4 Å². The van der Waals surface area contributed by atoms with Crippen LogP contribution in [-0.2, 0) is 11.0 Å². The van der Waals surface area contributed by atoms with Crippen molar-refractivity contribution in [2.45, 2.75) is 32.0 Å². The van der Waals surface area contributed by atoms with Gasteiger partial charge in [0.05, 0.1) is 29.6 Å². The van der Waals surface area contributed by atoms with Crippen LogP contribution < -0.4 is 10.6 Å². The Labute approximate surface area is 199 Å². The van der Waals surface area contributed by atoms with Crippen LogP contribution >= 0.6 is 0 Å². The molecule has 0 saturated carbocycles. The van der Waals surface area contributed by atoms with Gasteiger partial charge in [0.25, 0.3) is 0 Å². The Morgan fingerprint density at radius 3 is 2.71 bits per heavy atom. The van der Waals surface area contributed by atoms with Crippen LogP contribution in [0.5, 0.6) is 0 Å². The molecule has 0 aromatic carbocycles. The third-order valence-electron chi connectivity index (χ3n) is 6.31. The lowest BCUT2D eigenvalue weighted by Gasteiger charge is -2.35. The van der Waals surface area contributed by atoms with Gasteiger partial charge in [0.2, 0.25) is 11.9 Å². The summed E-state index contributed by atoms with van der Waals surface area (Å²) in [5.41, 5.74) is 0.0717. The number of nitrogens with zero attached hydrogens (tertiary/aromatic N) is 5. The molecule has 1 aliphatic heterocycles. The highest BCUT2D eigenvalue weighted by atomic mass is 19.4. The van der Waals surface area contributed by atoms with E-state index in [1.165, 1.54) is 12.4 Å². The zero-order valence-corrected chi connectivity index (χ0v) is 19.3. The minimum Gasteiger partial charge on any atom is -0.351 e. The molecule has 3 aromatic rings. The highest BCUT2D eigenvalue weighted by Gasteiger charge is 2.32. The molecule has 1 aliphatic rings. The fourth-order valence-electron chi connectivity index (χ4n) is 4.33. The molecule has 4 heterocycles. The Hall–Kier alpha value is -3.72. The number of likely N-dealkylation sites (tertiary alicyclic amines) is 1. The van der Waals surface area contributed by atoms with Crippen LogP contribution in [0.1, 0.15) is 30.9 Å². The molecule has 1 unspecified atom stereocenters. The molecule has 9 nitrogen and oxygen atoms in total. The maximum atomic E-state index is 13.2. The fraction of sp³-hybridized carbons (Fsp3) is 0.435. The Balaban J connectivity index is 1.55. The number of carbonyl (C=O) groups is 1. The quantitative estimate of drug-likeness (QED) is 0.489. The van der Waals surface area contributed by atoms with Crippen LogP contribution in [-0.4, -0.2) is 63.5 Å². The van der Waals surface area contributed by atoms with Gasteiger partial charge in [-0.25, -0.2) is 15.0 Å². The number of carbonyl (C=O) groups excluding carboxylic acids is 1. The molecular weight excluding hydrogens is 461 g/mol. The van der Waals surface area contributed by atoms with Gasteiger partial charge in [-0.15, -0.1) is 0 Å². The predicted molar refractivity (Wildman–Crippen MR) is 123 cm³/mol. The first kappa shape index (κ1) is 24.4. The highest BCUT2D eigenvalue weighted by Crippen LogP contribution is 2.35. The summed E-state index contributed by atoms with van der Waals surface area (Å²) in [5.74, 6) is 0.631. The summed E-state index contributed by atoms with van der Waals surface area (Å²) in [4.78, 5) is 29.3. The number of pyridine rings is 1. The third-order valence-corrected chi connectivity index (χ3v) is 6.31. The van der Waals surface area contributed by atoms with E-state index in [2.05, 4.69) is 30.6 Å². The average molecular weight is 487 g/mol. The molecule has 0 radical (unpaired) electrons. The minimum absolute atomic E-state index is 0.0150. The van der Waals surface area contributed by atoms with E-state index in [1.54, 1.807) is 7.05 Å². The van der Waals surface area contributed by atoms with Crippen molar-refractivity contribution in [3.8, 4) is 17.3 Å². The molecule has 35 heavy (non-hydrogen) atoms. The lowest BCUT2D eigenvalue weighted by atomic mass is 9.90. The second-order valence-corrected chi connectivity index (χ2v) is 8.57. The van der Waals surface area contributed by atoms with Gasteiger partial charge in [-0.3, -0.25) is 4.79 Å². The van der Waals surface area contributed by atoms with Crippen molar-refractivity contribution in [1.82, 2.24) is 30.2 Å². The second kappa shape index (κ2) is 9.87. The summed E-state index contributed by atoms with van der Waals surface area (Å²) in [6.45, 7) is 3.65. The Kier molecular flexibility index (Phi) is 6.88. The number of likely N-dealkylation sites (N-methyl/N-ethyl adjacent to an activating group) is 1. The van der Waals surface area contributed by atoms with Crippen molar-refractivity contribution in [2.24, 2.45) is 5.92 Å². The molecule has 3 N–H and O–H groups in total. The fourth-order valence-corrected chi connectivity index (χ4v) is 4.33. The van der Waals surface area contributed by atoms with E-state index in [9.17, 15) is 23.2 Å². The Bertz CT molecular complexity index is 1260. The van der Waals surface area contributed by atoms with E-state index in [4.69, 9.17) is 0 Å². The zero-order chi connectivity index (χ0) is 25.2. The van der Waals surface area contributed by atoms with Crippen LogP contribution in [0, 0.1) is 17.2 Å². The van der Waals surface area contributed by atoms with Gasteiger partial charge in [0, 0.05) is 42.5 Å². The zero-order valence-electron chi connectivity index (χ0n) is 19.3. The number of hydrogen-bond acceptors (Lipinski definition) is 7. The van der Waals surface area contributed by atoms with Gasteiger partial charge >= 0.3 is 6.18 Å². The molecule has 12 heteroatoms. The lowest BCUT2D eigenvalue weighted by molar-refractivity contribution is -0.137. The molecular formula is C23H25F3N8O. The van der Waals surface area contributed by atoms with Gasteiger partial charge in [0.1, 0.15) is 11.7 Å². The molecule has 4 rings (SSSR count). The highest BCUT2D eigenvalue weighted by molar-refractivity contribution is 5.94. The van der Waals surface area contributed by atoms with E-state index in [0.29, 0.717) is 25.2 Å². The van der Waals surface area contributed by atoms with Gasteiger partial charge in [-0.05, 0) is 38.8 Å². The minimum atomic E-state index is -4.55. The van der Waals surface area contributed by atoms with Crippen molar-refractivity contribution < 1.29 is 18.0 Å². The van der Waals surface area contributed by atoms with Crippen molar-refractivity contribution >= 4 is 22.9 Å². The van der Waals surface area contributed by atoms with E-state index in [-0.39, 0.29) is 46.1 Å². The van der Waals surface area contributed by atoms with Gasteiger partial charge in [0.15, 0.2) is 0 Å². The topological polar surface area (TPSA) is 123 Å². The monoisotopic (exact) mass is 486 g/mol. The van der Waals surface area contributed by atoms with Crippen LogP contribution in [0.25, 0.3) is 22.3 Å². The van der Waals surface area contributed by atoms with E-state index >= 15 is 0 Å². The summed E-state index contributed by atoms with van der Waals surface area (Å²) >= 11 is 0. The van der Waals surface area contributed by atoms with Crippen LogP contribution in [0.15, 0.2) is 24.7 Å². The first-order chi connectivity index (χ1) is 16.7. The number of alkyl halides is 3. The standard InChI is InChI=1S/C23H25F3N8O/c1-13(14-3-5-34(6-4-14)19(35)12-28-2)32-22-31-9-15(8-27)20(33-22)18-11-30-21-17(18)7-16(10-29-21)23(24,25)26/h7,9-11,13-14,28H,3-6,12H2,1-2H3,(H,29,30)(H,31,32,33). The molecule has 184 valence electrons. The smallest absolute Gasteiger partial charge is 0.351 e. The van der Waals surface area contributed by atoms with Crippen molar-refractivity contribution in [3.05, 3.63) is 35.8 Å². The molecule has 1 amide bonds.